The number of hydrogen-bond donors (Lipinski definition) is 1. The summed E-state index contributed by atoms with van der Waals surface area (Å²) in [6.45, 7) is 9.21. The molecule has 1 aromatic carbocycles. The van der Waals surface area contributed by atoms with E-state index in [4.69, 9.17) is 5.73 Å². The highest BCUT2D eigenvalue weighted by molar-refractivity contribution is 5.77. The Morgan fingerprint density at radius 1 is 1.33 bits per heavy atom. The van der Waals surface area contributed by atoms with E-state index < -0.39 is 5.54 Å². The van der Waals surface area contributed by atoms with Crippen LogP contribution in [-0.2, 0) is 11.3 Å². The molecule has 0 saturated carbocycles. The standard InChI is InChI=1S/C15H24N2O/c1-5-17(14(18)10-15(3,4)16)11-13-9-7-6-8-12(13)2/h6-9H,5,10-11,16H2,1-4H3. The minimum atomic E-state index is -0.448. The molecule has 0 bridgehead atoms. The molecule has 2 N–H and O–H groups in total. The van der Waals surface area contributed by atoms with E-state index in [0.29, 0.717) is 19.5 Å². The molecular weight excluding hydrogens is 224 g/mol. The lowest BCUT2D eigenvalue weighted by atomic mass is 10.0. The van der Waals surface area contributed by atoms with Crippen LogP contribution in [0, 0.1) is 6.92 Å². The zero-order valence-corrected chi connectivity index (χ0v) is 11.9. The predicted octanol–water partition coefficient (Wildman–Crippen LogP) is 2.47. The molecule has 0 fully saturated rings. The van der Waals surface area contributed by atoms with Crippen LogP contribution < -0.4 is 5.73 Å². The molecule has 18 heavy (non-hydrogen) atoms. The lowest BCUT2D eigenvalue weighted by Gasteiger charge is -2.26. The second-order valence-electron chi connectivity index (χ2n) is 5.50. The molecule has 0 aliphatic rings. The van der Waals surface area contributed by atoms with Gasteiger partial charge < -0.3 is 10.6 Å². The molecule has 0 heterocycles. The summed E-state index contributed by atoms with van der Waals surface area (Å²) in [6, 6.07) is 8.16. The lowest BCUT2D eigenvalue weighted by Crippen LogP contribution is -2.41. The van der Waals surface area contributed by atoms with E-state index in [0.717, 1.165) is 0 Å². The number of carbonyl (C=O) groups excluding carboxylic acids is 1. The first-order valence-electron chi connectivity index (χ1n) is 6.44. The number of carbonyl (C=O) groups is 1. The van der Waals surface area contributed by atoms with Crippen LogP contribution in [0.3, 0.4) is 0 Å². The highest BCUT2D eigenvalue weighted by Gasteiger charge is 2.20. The molecule has 0 atom stereocenters. The third-order valence-electron chi connectivity index (χ3n) is 2.96. The van der Waals surface area contributed by atoms with Gasteiger partial charge in [0.15, 0.2) is 0 Å². The Hall–Kier alpha value is -1.35. The molecule has 0 aliphatic carbocycles. The van der Waals surface area contributed by atoms with Crippen molar-refractivity contribution in [1.29, 1.82) is 0 Å². The second-order valence-corrected chi connectivity index (χ2v) is 5.50. The van der Waals surface area contributed by atoms with E-state index >= 15 is 0 Å². The maximum Gasteiger partial charge on any atom is 0.224 e. The van der Waals surface area contributed by atoms with Crippen LogP contribution in [0.15, 0.2) is 24.3 Å². The first kappa shape index (κ1) is 14.7. The number of aryl methyl sites for hydroxylation is 1. The van der Waals surface area contributed by atoms with Gasteiger partial charge in [-0.25, -0.2) is 0 Å². The van der Waals surface area contributed by atoms with Gasteiger partial charge in [0, 0.05) is 25.0 Å². The summed E-state index contributed by atoms with van der Waals surface area (Å²) in [4.78, 5) is 14.0. The first-order chi connectivity index (χ1) is 8.33. The highest BCUT2D eigenvalue weighted by atomic mass is 16.2. The van der Waals surface area contributed by atoms with E-state index in [9.17, 15) is 4.79 Å². The van der Waals surface area contributed by atoms with Crippen molar-refractivity contribution in [2.45, 2.75) is 46.2 Å². The summed E-state index contributed by atoms with van der Waals surface area (Å²) >= 11 is 0. The van der Waals surface area contributed by atoms with Gasteiger partial charge in [0.25, 0.3) is 0 Å². The molecule has 3 heteroatoms. The van der Waals surface area contributed by atoms with Gasteiger partial charge in [-0.2, -0.15) is 0 Å². The average molecular weight is 248 g/mol. The van der Waals surface area contributed by atoms with E-state index in [-0.39, 0.29) is 5.91 Å². The molecule has 0 saturated heterocycles. The van der Waals surface area contributed by atoms with Crippen molar-refractivity contribution >= 4 is 5.91 Å². The zero-order valence-electron chi connectivity index (χ0n) is 11.9. The van der Waals surface area contributed by atoms with Crippen molar-refractivity contribution < 1.29 is 4.79 Å². The fraction of sp³-hybridized carbons (Fsp3) is 0.533. The molecule has 0 spiro atoms. The van der Waals surface area contributed by atoms with Crippen LogP contribution in [0.5, 0.6) is 0 Å². The highest BCUT2D eigenvalue weighted by Crippen LogP contribution is 2.13. The monoisotopic (exact) mass is 248 g/mol. The molecule has 0 aromatic heterocycles. The van der Waals surface area contributed by atoms with Crippen molar-refractivity contribution in [2.75, 3.05) is 6.54 Å². The fourth-order valence-electron chi connectivity index (χ4n) is 1.87. The molecule has 0 radical (unpaired) electrons. The number of hydrogen-bond acceptors (Lipinski definition) is 2. The van der Waals surface area contributed by atoms with Crippen LogP contribution >= 0.6 is 0 Å². The Morgan fingerprint density at radius 3 is 2.44 bits per heavy atom. The number of nitrogens with zero attached hydrogens (tertiary/aromatic N) is 1. The molecule has 1 rings (SSSR count). The number of nitrogens with two attached hydrogens (primary N) is 1. The van der Waals surface area contributed by atoms with E-state index in [1.54, 1.807) is 0 Å². The number of amides is 1. The Morgan fingerprint density at radius 2 is 1.94 bits per heavy atom. The summed E-state index contributed by atoms with van der Waals surface area (Å²) in [6.07, 6.45) is 0.382. The summed E-state index contributed by atoms with van der Waals surface area (Å²) < 4.78 is 0. The maximum absolute atomic E-state index is 12.2. The molecular formula is C15H24N2O. The Bertz CT molecular complexity index is 407. The van der Waals surface area contributed by atoms with E-state index in [2.05, 4.69) is 19.1 Å². The van der Waals surface area contributed by atoms with Crippen LogP contribution in [0.4, 0.5) is 0 Å². The molecule has 1 aromatic rings. The Labute approximate surface area is 110 Å². The van der Waals surface area contributed by atoms with Gasteiger partial charge in [0.2, 0.25) is 5.91 Å². The molecule has 3 nitrogen and oxygen atoms in total. The SMILES string of the molecule is CCN(Cc1ccccc1C)C(=O)CC(C)(C)N. The van der Waals surface area contributed by atoms with Gasteiger partial charge in [-0.05, 0) is 38.8 Å². The first-order valence-corrected chi connectivity index (χ1v) is 6.44. The number of benzene rings is 1. The Kier molecular flexibility index (Phi) is 4.91. The van der Waals surface area contributed by atoms with Crippen LogP contribution in [0.2, 0.25) is 0 Å². The predicted molar refractivity (Wildman–Crippen MR) is 75.2 cm³/mol. The average Bonchev–Trinajstić information content (AvgIpc) is 2.25. The minimum Gasteiger partial charge on any atom is -0.339 e. The van der Waals surface area contributed by atoms with Gasteiger partial charge >= 0.3 is 0 Å². The van der Waals surface area contributed by atoms with Crippen molar-refractivity contribution in [3.05, 3.63) is 35.4 Å². The van der Waals surface area contributed by atoms with Crippen molar-refractivity contribution in [3.63, 3.8) is 0 Å². The van der Waals surface area contributed by atoms with E-state index in [1.807, 2.05) is 37.8 Å². The lowest BCUT2D eigenvalue weighted by molar-refractivity contribution is -0.132. The van der Waals surface area contributed by atoms with Gasteiger partial charge in [-0.15, -0.1) is 0 Å². The maximum atomic E-state index is 12.2. The smallest absolute Gasteiger partial charge is 0.224 e. The molecule has 0 unspecified atom stereocenters. The van der Waals surface area contributed by atoms with Crippen molar-refractivity contribution in [1.82, 2.24) is 4.90 Å². The van der Waals surface area contributed by atoms with Gasteiger partial charge in [0.1, 0.15) is 0 Å². The third kappa shape index (κ3) is 4.49. The molecule has 1 amide bonds. The van der Waals surface area contributed by atoms with Crippen molar-refractivity contribution in [3.8, 4) is 0 Å². The number of rotatable bonds is 5. The minimum absolute atomic E-state index is 0.119. The van der Waals surface area contributed by atoms with Gasteiger partial charge in [-0.1, -0.05) is 24.3 Å². The topological polar surface area (TPSA) is 46.3 Å². The van der Waals surface area contributed by atoms with Crippen LogP contribution in [-0.4, -0.2) is 22.9 Å². The summed E-state index contributed by atoms with van der Waals surface area (Å²) in [5.74, 6) is 0.119. The molecule has 100 valence electrons. The summed E-state index contributed by atoms with van der Waals surface area (Å²) in [5, 5.41) is 0. The van der Waals surface area contributed by atoms with Crippen LogP contribution in [0.1, 0.15) is 38.3 Å². The Balaban J connectivity index is 2.74. The fourth-order valence-corrected chi connectivity index (χ4v) is 1.87. The second kappa shape index (κ2) is 6.01. The van der Waals surface area contributed by atoms with Crippen LogP contribution in [0.25, 0.3) is 0 Å². The summed E-state index contributed by atoms with van der Waals surface area (Å²) in [7, 11) is 0. The van der Waals surface area contributed by atoms with Gasteiger partial charge in [0.05, 0.1) is 0 Å². The third-order valence-corrected chi connectivity index (χ3v) is 2.96. The quantitative estimate of drug-likeness (QED) is 0.870. The summed E-state index contributed by atoms with van der Waals surface area (Å²) in [5.41, 5.74) is 7.87. The largest absolute Gasteiger partial charge is 0.339 e. The molecule has 0 aliphatic heterocycles. The van der Waals surface area contributed by atoms with Crippen molar-refractivity contribution in [2.24, 2.45) is 5.73 Å². The van der Waals surface area contributed by atoms with E-state index in [1.165, 1.54) is 11.1 Å². The zero-order chi connectivity index (χ0) is 13.8. The van der Waals surface area contributed by atoms with Gasteiger partial charge in [-0.3, -0.25) is 4.79 Å². The normalized spacial score (nSPS) is 11.4.